The number of rotatable bonds is 4. The molecule has 5 heteroatoms. The average molecular weight is 335 g/mol. The van der Waals surface area contributed by atoms with Gasteiger partial charge in [0, 0.05) is 6.42 Å². The van der Waals surface area contributed by atoms with Gasteiger partial charge in [0.1, 0.15) is 11.0 Å². The zero-order valence-corrected chi connectivity index (χ0v) is 14.7. The Morgan fingerprint density at radius 2 is 1.74 bits per heavy atom. The Kier molecular flexibility index (Phi) is 4.78. The van der Waals surface area contributed by atoms with E-state index < -0.39 is 15.4 Å². The smallest absolute Gasteiger partial charge is 0.317 e. The van der Waals surface area contributed by atoms with Crippen LogP contribution in [0.2, 0.25) is 0 Å². The van der Waals surface area contributed by atoms with Crippen molar-refractivity contribution < 1.29 is 12.6 Å². The molecular weight excluding hydrogens is 310 g/mol. The van der Waals surface area contributed by atoms with Crippen LogP contribution in [0.4, 0.5) is 0 Å². The van der Waals surface area contributed by atoms with Gasteiger partial charge in [-0.3, -0.25) is 4.90 Å². The SMILES string of the molecule is CCN(CC)[C@@H]1C2=C(CCCC2)OS(=O)(=O)[C@@H]1c1ccccc1. The number of benzene rings is 1. The fourth-order valence-electron chi connectivity index (χ4n) is 3.86. The molecule has 1 aliphatic heterocycles. The molecule has 3 rings (SSSR count). The Balaban J connectivity index is 2.15. The predicted molar refractivity (Wildman–Crippen MR) is 91.4 cm³/mol. The minimum atomic E-state index is -3.66. The highest BCUT2D eigenvalue weighted by Crippen LogP contribution is 2.45. The molecule has 0 amide bonds. The average Bonchev–Trinajstić information content (AvgIpc) is 2.55. The minimum Gasteiger partial charge on any atom is -0.386 e. The van der Waals surface area contributed by atoms with E-state index in [0.29, 0.717) is 5.76 Å². The molecule has 0 spiro atoms. The highest BCUT2D eigenvalue weighted by molar-refractivity contribution is 7.87. The second-order valence-corrected chi connectivity index (χ2v) is 7.89. The number of allylic oxidation sites excluding steroid dienone is 1. The topological polar surface area (TPSA) is 46.6 Å². The normalized spacial score (nSPS) is 26.7. The van der Waals surface area contributed by atoms with Gasteiger partial charge in [-0.15, -0.1) is 0 Å². The molecule has 1 aliphatic carbocycles. The van der Waals surface area contributed by atoms with Crippen LogP contribution in [0.5, 0.6) is 0 Å². The zero-order valence-electron chi connectivity index (χ0n) is 13.9. The number of nitrogens with zero attached hydrogens (tertiary/aromatic N) is 1. The molecule has 1 heterocycles. The van der Waals surface area contributed by atoms with Crippen LogP contribution in [0.25, 0.3) is 0 Å². The third-order valence-electron chi connectivity index (χ3n) is 4.96. The summed E-state index contributed by atoms with van der Waals surface area (Å²) in [5.74, 6) is 0.709. The standard InChI is InChI=1S/C18H25NO3S/c1-3-19(4-2)17-15-12-8-9-13-16(15)22-23(20,21)18(17)14-10-6-5-7-11-14/h5-7,10-11,17-18H,3-4,8-9,12-13H2,1-2H3/t17-,18-/m1/s1. The molecule has 23 heavy (non-hydrogen) atoms. The molecule has 4 nitrogen and oxygen atoms in total. The summed E-state index contributed by atoms with van der Waals surface area (Å²) in [6.45, 7) is 5.85. The number of likely N-dealkylation sites (N-methyl/N-ethyl adjacent to an activating group) is 1. The quantitative estimate of drug-likeness (QED) is 0.788. The first-order valence-electron chi connectivity index (χ1n) is 8.52. The van der Waals surface area contributed by atoms with E-state index in [2.05, 4.69) is 18.7 Å². The lowest BCUT2D eigenvalue weighted by atomic mass is 9.87. The van der Waals surface area contributed by atoms with Gasteiger partial charge < -0.3 is 4.18 Å². The van der Waals surface area contributed by atoms with Crippen molar-refractivity contribution in [2.75, 3.05) is 13.1 Å². The maximum Gasteiger partial charge on any atom is 0.317 e. The summed E-state index contributed by atoms with van der Waals surface area (Å²) in [6.07, 6.45) is 3.81. The van der Waals surface area contributed by atoms with Crippen molar-refractivity contribution in [3.8, 4) is 0 Å². The van der Waals surface area contributed by atoms with Gasteiger partial charge in [0.2, 0.25) is 0 Å². The van der Waals surface area contributed by atoms with E-state index in [0.717, 1.165) is 44.3 Å². The van der Waals surface area contributed by atoms with Crippen molar-refractivity contribution in [3.05, 3.63) is 47.2 Å². The summed E-state index contributed by atoms with van der Waals surface area (Å²) in [5, 5.41) is -0.638. The molecule has 2 aliphatic rings. The van der Waals surface area contributed by atoms with Gasteiger partial charge in [-0.1, -0.05) is 44.2 Å². The highest BCUT2D eigenvalue weighted by atomic mass is 32.2. The second-order valence-electron chi connectivity index (χ2n) is 6.23. The Bertz CT molecular complexity index is 677. The van der Waals surface area contributed by atoms with Gasteiger partial charge >= 0.3 is 10.1 Å². The van der Waals surface area contributed by atoms with E-state index in [1.807, 2.05) is 30.3 Å². The second kappa shape index (κ2) is 6.65. The largest absolute Gasteiger partial charge is 0.386 e. The third-order valence-corrected chi connectivity index (χ3v) is 6.55. The highest BCUT2D eigenvalue weighted by Gasteiger charge is 2.46. The molecule has 0 radical (unpaired) electrons. The lowest BCUT2D eigenvalue weighted by Gasteiger charge is -2.42. The summed E-state index contributed by atoms with van der Waals surface area (Å²) in [5.41, 5.74) is 2.02. The summed E-state index contributed by atoms with van der Waals surface area (Å²) in [6, 6.07) is 9.40. The third kappa shape index (κ3) is 3.04. The summed E-state index contributed by atoms with van der Waals surface area (Å²) in [7, 11) is -3.66. The Morgan fingerprint density at radius 1 is 1.09 bits per heavy atom. The maximum atomic E-state index is 12.9. The molecule has 0 unspecified atom stereocenters. The van der Waals surface area contributed by atoms with Crippen molar-refractivity contribution in [3.63, 3.8) is 0 Å². The zero-order chi connectivity index (χ0) is 16.4. The molecular formula is C18H25NO3S. The van der Waals surface area contributed by atoms with Crippen LogP contribution < -0.4 is 0 Å². The van der Waals surface area contributed by atoms with Gasteiger partial charge in [-0.2, -0.15) is 8.42 Å². The van der Waals surface area contributed by atoms with Crippen LogP contribution in [-0.2, 0) is 14.3 Å². The molecule has 0 saturated heterocycles. The van der Waals surface area contributed by atoms with Crippen molar-refractivity contribution in [2.24, 2.45) is 0 Å². The van der Waals surface area contributed by atoms with Gasteiger partial charge in [0.15, 0.2) is 0 Å². The van der Waals surface area contributed by atoms with Crippen LogP contribution in [0, 0.1) is 0 Å². The van der Waals surface area contributed by atoms with Crippen LogP contribution in [0.15, 0.2) is 41.7 Å². The first kappa shape index (κ1) is 16.5. The summed E-state index contributed by atoms with van der Waals surface area (Å²) < 4.78 is 31.3. The molecule has 1 aromatic rings. The van der Waals surface area contributed by atoms with E-state index >= 15 is 0 Å². The van der Waals surface area contributed by atoms with E-state index in [1.165, 1.54) is 5.57 Å². The molecule has 0 fully saturated rings. The van der Waals surface area contributed by atoms with Crippen LogP contribution in [0.1, 0.15) is 50.3 Å². The van der Waals surface area contributed by atoms with Crippen LogP contribution >= 0.6 is 0 Å². The van der Waals surface area contributed by atoms with Crippen molar-refractivity contribution in [1.29, 1.82) is 0 Å². The van der Waals surface area contributed by atoms with E-state index in [4.69, 9.17) is 4.18 Å². The molecule has 0 saturated carbocycles. The monoisotopic (exact) mass is 335 g/mol. The molecule has 126 valence electrons. The van der Waals surface area contributed by atoms with Crippen molar-refractivity contribution in [2.45, 2.75) is 50.8 Å². The van der Waals surface area contributed by atoms with Gasteiger partial charge in [0.05, 0.1) is 6.04 Å². The van der Waals surface area contributed by atoms with Crippen LogP contribution in [0.3, 0.4) is 0 Å². The molecule has 1 aromatic carbocycles. The summed E-state index contributed by atoms with van der Waals surface area (Å²) >= 11 is 0. The van der Waals surface area contributed by atoms with Crippen molar-refractivity contribution >= 4 is 10.1 Å². The maximum absolute atomic E-state index is 12.9. The predicted octanol–water partition coefficient (Wildman–Crippen LogP) is 3.63. The molecule has 2 atom stereocenters. The first-order valence-corrected chi connectivity index (χ1v) is 9.99. The molecule has 0 aromatic heterocycles. The lowest BCUT2D eigenvalue weighted by molar-refractivity contribution is 0.200. The number of hydrogen-bond donors (Lipinski definition) is 0. The van der Waals surface area contributed by atoms with E-state index in [-0.39, 0.29) is 6.04 Å². The van der Waals surface area contributed by atoms with Crippen LogP contribution in [-0.4, -0.2) is 32.4 Å². The van der Waals surface area contributed by atoms with Gasteiger partial charge in [-0.05, 0) is 43.5 Å². The number of hydrogen-bond acceptors (Lipinski definition) is 4. The lowest BCUT2D eigenvalue weighted by Crippen LogP contribution is -2.47. The Morgan fingerprint density at radius 3 is 2.39 bits per heavy atom. The van der Waals surface area contributed by atoms with Gasteiger partial charge in [0.25, 0.3) is 0 Å². The molecule has 0 N–H and O–H groups in total. The first-order chi connectivity index (χ1) is 11.1. The fourth-order valence-corrected chi connectivity index (χ4v) is 5.58. The van der Waals surface area contributed by atoms with E-state index in [1.54, 1.807) is 0 Å². The fraction of sp³-hybridized carbons (Fsp3) is 0.556. The summed E-state index contributed by atoms with van der Waals surface area (Å²) in [4.78, 5) is 2.26. The Hall–Kier alpha value is -1.33. The molecule has 0 bridgehead atoms. The van der Waals surface area contributed by atoms with Crippen molar-refractivity contribution in [1.82, 2.24) is 4.90 Å². The minimum absolute atomic E-state index is 0.110. The Labute approximate surface area is 139 Å². The van der Waals surface area contributed by atoms with Gasteiger partial charge in [-0.25, -0.2) is 0 Å². The van der Waals surface area contributed by atoms with E-state index in [9.17, 15) is 8.42 Å².